The molecule has 4 heteroatoms. The van der Waals surface area contributed by atoms with Gasteiger partial charge in [0.15, 0.2) is 0 Å². The fourth-order valence-corrected chi connectivity index (χ4v) is 1.42. The normalized spacial score (nSPS) is 11.3. The SMILES string of the molecule is CC(C)(C)CCNc1ccc(F)cc1C(=O)O. The van der Waals surface area contributed by atoms with Crippen molar-refractivity contribution in [3.63, 3.8) is 0 Å². The second-order valence-electron chi connectivity index (χ2n) is 5.23. The molecule has 0 aliphatic heterocycles. The van der Waals surface area contributed by atoms with Crippen LogP contribution in [0, 0.1) is 11.2 Å². The van der Waals surface area contributed by atoms with Crippen molar-refractivity contribution in [2.24, 2.45) is 5.41 Å². The summed E-state index contributed by atoms with van der Waals surface area (Å²) < 4.78 is 12.9. The maximum atomic E-state index is 12.9. The van der Waals surface area contributed by atoms with E-state index < -0.39 is 11.8 Å². The van der Waals surface area contributed by atoms with Crippen molar-refractivity contribution in [2.45, 2.75) is 27.2 Å². The zero-order chi connectivity index (χ0) is 13.1. The lowest BCUT2D eigenvalue weighted by molar-refractivity contribution is 0.0697. The van der Waals surface area contributed by atoms with Crippen molar-refractivity contribution in [1.82, 2.24) is 0 Å². The highest BCUT2D eigenvalue weighted by molar-refractivity contribution is 5.94. The number of halogens is 1. The number of rotatable bonds is 4. The fourth-order valence-electron chi connectivity index (χ4n) is 1.42. The topological polar surface area (TPSA) is 49.3 Å². The molecule has 0 bridgehead atoms. The van der Waals surface area contributed by atoms with E-state index in [9.17, 15) is 9.18 Å². The first-order valence-electron chi connectivity index (χ1n) is 5.56. The van der Waals surface area contributed by atoms with Crippen LogP contribution in [-0.4, -0.2) is 17.6 Å². The van der Waals surface area contributed by atoms with Gasteiger partial charge in [0.2, 0.25) is 0 Å². The van der Waals surface area contributed by atoms with Gasteiger partial charge in [0.1, 0.15) is 5.82 Å². The zero-order valence-corrected chi connectivity index (χ0v) is 10.4. The fraction of sp³-hybridized carbons (Fsp3) is 0.462. The van der Waals surface area contributed by atoms with E-state index in [1.807, 2.05) is 0 Å². The van der Waals surface area contributed by atoms with Crippen LogP contribution < -0.4 is 5.32 Å². The third-order valence-corrected chi connectivity index (χ3v) is 2.40. The van der Waals surface area contributed by atoms with Crippen LogP contribution in [0.15, 0.2) is 18.2 Å². The predicted octanol–water partition coefficient (Wildman–Crippen LogP) is 3.37. The number of benzene rings is 1. The Bertz CT molecular complexity index is 410. The van der Waals surface area contributed by atoms with Crippen LogP contribution in [0.2, 0.25) is 0 Å². The maximum absolute atomic E-state index is 12.9. The van der Waals surface area contributed by atoms with E-state index in [4.69, 9.17) is 5.11 Å². The van der Waals surface area contributed by atoms with Gasteiger partial charge in [-0.25, -0.2) is 9.18 Å². The van der Waals surface area contributed by atoms with Crippen LogP contribution >= 0.6 is 0 Å². The van der Waals surface area contributed by atoms with E-state index in [0.717, 1.165) is 12.5 Å². The van der Waals surface area contributed by atoms with Crippen molar-refractivity contribution in [2.75, 3.05) is 11.9 Å². The largest absolute Gasteiger partial charge is 0.478 e. The quantitative estimate of drug-likeness (QED) is 0.846. The third kappa shape index (κ3) is 4.43. The number of carboxylic acids is 1. The number of anilines is 1. The second-order valence-corrected chi connectivity index (χ2v) is 5.23. The molecule has 0 heterocycles. The van der Waals surface area contributed by atoms with Crippen molar-refractivity contribution in [3.05, 3.63) is 29.6 Å². The van der Waals surface area contributed by atoms with Gasteiger partial charge in [-0.2, -0.15) is 0 Å². The van der Waals surface area contributed by atoms with Crippen molar-refractivity contribution in [3.8, 4) is 0 Å². The molecule has 0 atom stereocenters. The van der Waals surface area contributed by atoms with E-state index >= 15 is 0 Å². The van der Waals surface area contributed by atoms with Crippen LogP contribution in [0.4, 0.5) is 10.1 Å². The molecule has 1 aromatic carbocycles. The summed E-state index contributed by atoms with van der Waals surface area (Å²) in [4.78, 5) is 10.9. The lowest BCUT2D eigenvalue weighted by atomic mass is 9.92. The van der Waals surface area contributed by atoms with Gasteiger partial charge < -0.3 is 10.4 Å². The van der Waals surface area contributed by atoms with Gasteiger partial charge in [-0.1, -0.05) is 20.8 Å². The molecule has 0 spiro atoms. The first kappa shape index (κ1) is 13.5. The monoisotopic (exact) mass is 239 g/mol. The minimum absolute atomic E-state index is 0.0288. The molecule has 2 N–H and O–H groups in total. The number of hydrogen-bond donors (Lipinski definition) is 2. The van der Waals surface area contributed by atoms with Crippen molar-refractivity contribution in [1.29, 1.82) is 0 Å². The summed E-state index contributed by atoms with van der Waals surface area (Å²) in [6, 6.07) is 3.75. The maximum Gasteiger partial charge on any atom is 0.337 e. The Hall–Kier alpha value is -1.58. The number of nitrogens with one attached hydrogen (secondary N) is 1. The summed E-state index contributed by atoms with van der Waals surface area (Å²) in [5.74, 6) is -1.66. The van der Waals surface area contributed by atoms with Gasteiger partial charge in [-0.15, -0.1) is 0 Å². The molecular weight excluding hydrogens is 221 g/mol. The van der Waals surface area contributed by atoms with Gasteiger partial charge in [-0.3, -0.25) is 0 Å². The second kappa shape index (κ2) is 5.17. The van der Waals surface area contributed by atoms with Crippen LogP contribution in [-0.2, 0) is 0 Å². The van der Waals surface area contributed by atoms with Gasteiger partial charge in [0.05, 0.1) is 5.56 Å². The lowest BCUT2D eigenvalue weighted by Crippen LogP contribution is -2.14. The van der Waals surface area contributed by atoms with Gasteiger partial charge in [0.25, 0.3) is 0 Å². The molecule has 0 fully saturated rings. The molecule has 0 aliphatic rings. The Morgan fingerprint density at radius 1 is 1.41 bits per heavy atom. The minimum Gasteiger partial charge on any atom is -0.478 e. The van der Waals surface area contributed by atoms with E-state index in [1.165, 1.54) is 12.1 Å². The van der Waals surface area contributed by atoms with Crippen LogP contribution in [0.1, 0.15) is 37.6 Å². The molecule has 1 aromatic rings. The van der Waals surface area contributed by atoms with Crippen LogP contribution in [0.5, 0.6) is 0 Å². The third-order valence-electron chi connectivity index (χ3n) is 2.40. The molecule has 0 radical (unpaired) electrons. The van der Waals surface area contributed by atoms with E-state index in [2.05, 4.69) is 26.1 Å². The van der Waals surface area contributed by atoms with E-state index in [1.54, 1.807) is 0 Å². The van der Waals surface area contributed by atoms with Gasteiger partial charge in [0, 0.05) is 12.2 Å². The molecule has 1 rings (SSSR count). The molecule has 0 saturated carbocycles. The molecule has 0 aliphatic carbocycles. The summed E-state index contributed by atoms with van der Waals surface area (Å²) in [7, 11) is 0. The van der Waals surface area contributed by atoms with E-state index in [0.29, 0.717) is 12.2 Å². The lowest BCUT2D eigenvalue weighted by Gasteiger charge is -2.19. The van der Waals surface area contributed by atoms with Crippen LogP contribution in [0.3, 0.4) is 0 Å². The summed E-state index contributed by atoms with van der Waals surface area (Å²) in [6.45, 7) is 6.99. The Morgan fingerprint density at radius 3 is 2.59 bits per heavy atom. The summed E-state index contributed by atoms with van der Waals surface area (Å²) >= 11 is 0. The minimum atomic E-state index is -1.12. The Labute approximate surface area is 101 Å². The number of carboxylic acid groups (broad SMARTS) is 1. The molecule has 0 amide bonds. The molecule has 94 valence electrons. The van der Waals surface area contributed by atoms with Gasteiger partial charge >= 0.3 is 5.97 Å². The molecule has 0 unspecified atom stereocenters. The molecule has 3 nitrogen and oxygen atoms in total. The standard InChI is InChI=1S/C13H18FNO2/c1-13(2,3)6-7-15-11-5-4-9(14)8-10(11)12(16)17/h4-5,8,15H,6-7H2,1-3H3,(H,16,17). The molecule has 0 aromatic heterocycles. The first-order valence-corrected chi connectivity index (χ1v) is 5.56. The van der Waals surface area contributed by atoms with Crippen molar-refractivity contribution >= 4 is 11.7 Å². The highest BCUT2D eigenvalue weighted by Crippen LogP contribution is 2.21. The van der Waals surface area contributed by atoms with E-state index in [-0.39, 0.29) is 11.0 Å². The molecular formula is C13H18FNO2. The highest BCUT2D eigenvalue weighted by Gasteiger charge is 2.13. The first-order chi connectivity index (χ1) is 7.79. The zero-order valence-electron chi connectivity index (χ0n) is 10.4. The smallest absolute Gasteiger partial charge is 0.337 e. The molecule has 0 saturated heterocycles. The summed E-state index contributed by atoms with van der Waals surface area (Å²) in [5.41, 5.74) is 0.609. The van der Waals surface area contributed by atoms with Crippen LogP contribution in [0.25, 0.3) is 0 Å². The predicted molar refractivity (Wildman–Crippen MR) is 65.9 cm³/mol. The number of hydrogen-bond acceptors (Lipinski definition) is 2. The number of aromatic carboxylic acids is 1. The Morgan fingerprint density at radius 2 is 2.06 bits per heavy atom. The van der Waals surface area contributed by atoms with Crippen molar-refractivity contribution < 1.29 is 14.3 Å². The Kier molecular flexibility index (Phi) is 4.10. The highest BCUT2D eigenvalue weighted by atomic mass is 19.1. The van der Waals surface area contributed by atoms with Gasteiger partial charge in [-0.05, 0) is 30.0 Å². The number of carbonyl (C=O) groups is 1. The summed E-state index contributed by atoms with van der Waals surface area (Å²) in [5, 5.41) is 12.0. The average molecular weight is 239 g/mol. The molecule has 17 heavy (non-hydrogen) atoms. The average Bonchev–Trinajstić information content (AvgIpc) is 2.18. The Balaban J connectivity index is 2.74. The summed E-state index contributed by atoms with van der Waals surface area (Å²) in [6.07, 6.45) is 0.906.